The lowest BCUT2D eigenvalue weighted by atomic mass is 9.74. The predicted molar refractivity (Wildman–Crippen MR) is 59.3 cm³/mol. The van der Waals surface area contributed by atoms with E-state index in [1.54, 1.807) is 12.1 Å². The zero-order valence-electron chi connectivity index (χ0n) is 8.77. The van der Waals surface area contributed by atoms with Crippen LogP contribution in [-0.4, -0.2) is 17.7 Å². The fraction of sp³-hybridized carbons (Fsp3) is 0.308. The highest BCUT2D eigenvalue weighted by atomic mass is 16.5. The molecule has 1 aromatic carbocycles. The van der Waals surface area contributed by atoms with Gasteiger partial charge >= 0.3 is 5.97 Å². The lowest BCUT2D eigenvalue weighted by Gasteiger charge is -2.33. The van der Waals surface area contributed by atoms with Crippen molar-refractivity contribution in [2.75, 3.05) is 6.61 Å². The fourth-order valence-electron chi connectivity index (χ4n) is 2.11. The molecule has 2 rings (SSSR count). The lowest BCUT2D eigenvalue weighted by molar-refractivity contribution is -0.144. The van der Waals surface area contributed by atoms with Gasteiger partial charge in [-0.3, -0.25) is 4.79 Å². The molecule has 16 heavy (non-hydrogen) atoms. The van der Waals surface area contributed by atoms with Crippen molar-refractivity contribution in [1.29, 1.82) is 0 Å². The third kappa shape index (κ3) is 1.43. The first kappa shape index (κ1) is 10.6. The largest absolute Gasteiger partial charge is 0.493 e. The van der Waals surface area contributed by atoms with E-state index in [1.807, 2.05) is 12.1 Å². The molecule has 3 nitrogen and oxygen atoms in total. The molecule has 1 unspecified atom stereocenters. The van der Waals surface area contributed by atoms with Crippen molar-refractivity contribution < 1.29 is 14.6 Å². The highest BCUT2D eigenvalue weighted by Crippen LogP contribution is 2.41. The molecule has 1 aliphatic heterocycles. The first-order valence-electron chi connectivity index (χ1n) is 5.10. The van der Waals surface area contributed by atoms with Crippen molar-refractivity contribution in [2.45, 2.75) is 18.3 Å². The summed E-state index contributed by atoms with van der Waals surface area (Å²) in [6.07, 6.45) is 5.90. The van der Waals surface area contributed by atoms with Crippen molar-refractivity contribution >= 4 is 5.97 Å². The number of benzene rings is 1. The van der Waals surface area contributed by atoms with Gasteiger partial charge in [-0.1, -0.05) is 18.2 Å². The summed E-state index contributed by atoms with van der Waals surface area (Å²) in [5.41, 5.74) is -0.296. The number of aliphatic carboxylic acids is 1. The second kappa shape index (κ2) is 3.90. The number of ether oxygens (including phenoxy) is 1. The Morgan fingerprint density at radius 2 is 2.31 bits per heavy atom. The van der Waals surface area contributed by atoms with Crippen molar-refractivity contribution in [3.05, 3.63) is 29.8 Å². The maximum absolute atomic E-state index is 11.5. The fourth-order valence-corrected chi connectivity index (χ4v) is 2.11. The molecular formula is C13H12O3. The summed E-state index contributed by atoms with van der Waals surface area (Å²) in [6.45, 7) is 0.394. The molecule has 3 heteroatoms. The van der Waals surface area contributed by atoms with Gasteiger partial charge in [0.25, 0.3) is 0 Å². The van der Waals surface area contributed by atoms with Gasteiger partial charge in [-0.15, -0.1) is 12.3 Å². The third-order valence-corrected chi connectivity index (χ3v) is 3.00. The van der Waals surface area contributed by atoms with E-state index in [2.05, 4.69) is 5.92 Å². The van der Waals surface area contributed by atoms with Gasteiger partial charge in [0, 0.05) is 18.4 Å². The average molecular weight is 216 g/mol. The Kier molecular flexibility index (Phi) is 2.57. The molecule has 1 aromatic rings. The number of fused-ring (bicyclic) bond motifs is 1. The van der Waals surface area contributed by atoms with Gasteiger partial charge in [0.2, 0.25) is 0 Å². The predicted octanol–water partition coefficient (Wildman–Crippen LogP) is 1.81. The number of terminal acetylenes is 1. The number of carbonyl (C=O) groups is 1. The Labute approximate surface area is 94.0 Å². The van der Waals surface area contributed by atoms with Gasteiger partial charge in [0.05, 0.1) is 6.61 Å². The highest BCUT2D eigenvalue weighted by Gasteiger charge is 2.43. The molecule has 0 fully saturated rings. The second-order valence-electron chi connectivity index (χ2n) is 3.86. The molecular weight excluding hydrogens is 204 g/mol. The molecule has 1 heterocycles. The molecule has 0 radical (unpaired) electrons. The molecule has 0 aromatic heterocycles. The quantitative estimate of drug-likeness (QED) is 0.767. The maximum atomic E-state index is 11.5. The van der Waals surface area contributed by atoms with Crippen LogP contribution in [0.5, 0.6) is 5.75 Å². The van der Waals surface area contributed by atoms with Crippen molar-refractivity contribution in [3.8, 4) is 18.1 Å². The van der Waals surface area contributed by atoms with E-state index in [4.69, 9.17) is 11.2 Å². The van der Waals surface area contributed by atoms with Crippen LogP contribution in [0.25, 0.3) is 0 Å². The minimum Gasteiger partial charge on any atom is -0.493 e. The van der Waals surface area contributed by atoms with Gasteiger partial charge in [-0.25, -0.2) is 0 Å². The summed E-state index contributed by atoms with van der Waals surface area (Å²) < 4.78 is 5.44. The maximum Gasteiger partial charge on any atom is 0.315 e. The van der Waals surface area contributed by atoms with Crippen molar-refractivity contribution in [2.24, 2.45) is 0 Å². The number of para-hydroxylation sites is 1. The van der Waals surface area contributed by atoms with Crippen LogP contribution in [0.1, 0.15) is 18.4 Å². The summed E-state index contributed by atoms with van der Waals surface area (Å²) >= 11 is 0. The molecule has 0 saturated heterocycles. The number of rotatable bonds is 2. The lowest BCUT2D eigenvalue weighted by Crippen LogP contribution is -2.40. The number of carboxylic acids is 1. The monoisotopic (exact) mass is 216 g/mol. The summed E-state index contributed by atoms with van der Waals surface area (Å²) in [5.74, 6) is 2.22. The molecule has 0 spiro atoms. The Bertz CT molecular complexity index is 458. The summed E-state index contributed by atoms with van der Waals surface area (Å²) in [4.78, 5) is 11.5. The van der Waals surface area contributed by atoms with Crippen LogP contribution in [0.3, 0.4) is 0 Å². The first-order valence-corrected chi connectivity index (χ1v) is 5.10. The Morgan fingerprint density at radius 3 is 3.00 bits per heavy atom. The van der Waals surface area contributed by atoms with Crippen LogP contribution in [0, 0.1) is 12.3 Å². The van der Waals surface area contributed by atoms with E-state index in [0.29, 0.717) is 24.3 Å². The van der Waals surface area contributed by atoms with Crippen LogP contribution >= 0.6 is 0 Å². The summed E-state index contributed by atoms with van der Waals surface area (Å²) in [5, 5.41) is 9.42. The standard InChI is InChI=1S/C13H12O3/c1-2-7-13(12(14)15)8-9-16-11-6-4-3-5-10(11)13/h1,3-6H,7-9H2,(H,14,15). The molecule has 0 saturated carbocycles. The van der Waals surface area contributed by atoms with E-state index in [1.165, 1.54) is 0 Å². The molecule has 0 aliphatic carbocycles. The van der Waals surface area contributed by atoms with E-state index >= 15 is 0 Å². The van der Waals surface area contributed by atoms with Gasteiger partial charge in [-0.05, 0) is 6.07 Å². The second-order valence-corrected chi connectivity index (χ2v) is 3.86. The van der Waals surface area contributed by atoms with E-state index < -0.39 is 11.4 Å². The highest BCUT2D eigenvalue weighted by molar-refractivity contribution is 5.83. The minimum absolute atomic E-state index is 0.197. The Morgan fingerprint density at radius 1 is 1.56 bits per heavy atom. The zero-order valence-corrected chi connectivity index (χ0v) is 8.77. The minimum atomic E-state index is -0.983. The molecule has 0 bridgehead atoms. The van der Waals surface area contributed by atoms with Crippen molar-refractivity contribution in [3.63, 3.8) is 0 Å². The van der Waals surface area contributed by atoms with Gasteiger partial charge < -0.3 is 9.84 Å². The zero-order chi connectivity index (χ0) is 11.6. The number of carboxylic acid groups (broad SMARTS) is 1. The Hall–Kier alpha value is -1.95. The first-order chi connectivity index (χ1) is 7.70. The summed E-state index contributed by atoms with van der Waals surface area (Å²) in [6, 6.07) is 7.19. The van der Waals surface area contributed by atoms with E-state index in [9.17, 15) is 9.90 Å². The third-order valence-electron chi connectivity index (χ3n) is 3.00. The molecule has 1 atom stereocenters. The van der Waals surface area contributed by atoms with Crippen LogP contribution in [-0.2, 0) is 10.2 Å². The van der Waals surface area contributed by atoms with Crippen molar-refractivity contribution in [1.82, 2.24) is 0 Å². The van der Waals surface area contributed by atoms with Gasteiger partial charge in [-0.2, -0.15) is 0 Å². The van der Waals surface area contributed by atoms with Crippen LogP contribution in [0.15, 0.2) is 24.3 Å². The smallest absolute Gasteiger partial charge is 0.315 e. The number of hydrogen-bond donors (Lipinski definition) is 1. The molecule has 1 N–H and O–H groups in total. The molecule has 1 aliphatic rings. The van der Waals surface area contributed by atoms with E-state index in [0.717, 1.165) is 0 Å². The topological polar surface area (TPSA) is 46.5 Å². The average Bonchev–Trinajstić information content (AvgIpc) is 2.29. The van der Waals surface area contributed by atoms with E-state index in [-0.39, 0.29) is 6.42 Å². The SMILES string of the molecule is C#CCC1(C(=O)O)CCOc2ccccc21. The summed E-state index contributed by atoms with van der Waals surface area (Å²) in [7, 11) is 0. The molecule has 82 valence electrons. The van der Waals surface area contributed by atoms with Gasteiger partial charge in [0.1, 0.15) is 11.2 Å². The molecule has 0 amide bonds. The van der Waals surface area contributed by atoms with Crippen LogP contribution in [0.2, 0.25) is 0 Å². The normalized spacial score (nSPS) is 22.7. The Balaban J connectivity index is 2.57. The van der Waals surface area contributed by atoms with Crippen LogP contribution in [0.4, 0.5) is 0 Å². The van der Waals surface area contributed by atoms with Crippen LogP contribution < -0.4 is 4.74 Å². The van der Waals surface area contributed by atoms with Gasteiger partial charge in [0.15, 0.2) is 0 Å². The number of hydrogen-bond acceptors (Lipinski definition) is 2.